The normalized spacial score (nSPS) is 48.0. The third kappa shape index (κ3) is 4.21. The maximum absolute atomic E-state index is 6.77. The van der Waals surface area contributed by atoms with E-state index in [-0.39, 0.29) is 0 Å². The van der Waals surface area contributed by atoms with E-state index in [1.807, 2.05) is 0 Å². The first kappa shape index (κ1) is 22.5. The van der Waals surface area contributed by atoms with Gasteiger partial charge >= 0.3 is 0 Å². The molecule has 0 aromatic rings. The van der Waals surface area contributed by atoms with E-state index in [0.717, 1.165) is 23.7 Å². The molecule has 4 heteroatoms. The highest BCUT2D eigenvalue weighted by Crippen LogP contribution is 2.66. The molecule has 4 aliphatic carbocycles. The van der Waals surface area contributed by atoms with Crippen LogP contribution in [0.15, 0.2) is 0 Å². The van der Waals surface area contributed by atoms with E-state index in [1.165, 1.54) is 57.8 Å². The summed E-state index contributed by atoms with van der Waals surface area (Å²) < 4.78 is 13.3. The molecule has 2 nitrogen and oxygen atoms in total. The first-order valence-electron chi connectivity index (χ1n) is 12.7. The SMILES string of the molecule is CC12CC[C@H](O[Si](C)(C)C)C[C@H]1CCC1C2CCC2(C)C1CC[C@H]2O[Si](C)(C)C. The Kier molecular flexibility index (Phi) is 5.79. The van der Waals surface area contributed by atoms with Gasteiger partial charge in [0.2, 0.25) is 0 Å². The van der Waals surface area contributed by atoms with Gasteiger partial charge in [-0.2, -0.15) is 0 Å². The summed E-state index contributed by atoms with van der Waals surface area (Å²) >= 11 is 0. The maximum Gasteiger partial charge on any atom is 0.184 e. The molecule has 4 saturated carbocycles. The lowest BCUT2D eigenvalue weighted by molar-refractivity contribution is -0.130. The second-order valence-corrected chi connectivity index (χ2v) is 22.5. The molecule has 4 aliphatic rings. The molecule has 0 radical (unpaired) electrons. The van der Waals surface area contributed by atoms with Gasteiger partial charge < -0.3 is 8.85 Å². The first-order chi connectivity index (χ1) is 13.3. The van der Waals surface area contributed by atoms with Gasteiger partial charge in [-0.15, -0.1) is 0 Å². The summed E-state index contributed by atoms with van der Waals surface area (Å²) in [5, 5.41) is 0. The van der Waals surface area contributed by atoms with Gasteiger partial charge in [-0.25, -0.2) is 0 Å². The molecular weight excluding hydrogens is 388 g/mol. The quantitative estimate of drug-likeness (QED) is 0.425. The van der Waals surface area contributed by atoms with E-state index in [9.17, 15) is 0 Å². The van der Waals surface area contributed by atoms with Gasteiger partial charge in [0.15, 0.2) is 16.6 Å². The van der Waals surface area contributed by atoms with Crippen LogP contribution in [0, 0.1) is 34.5 Å². The van der Waals surface area contributed by atoms with Crippen molar-refractivity contribution in [2.45, 2.75) is 123 Å². The van der Waals surface area contributed by atoms with Crippen LogP contribution in [0.4, 0.5) is 0 Å². The molecule has 168 valence electrons. The second-order valence-electron chi connectivity index (χ2n) is 13.6. The van der Waals surface area contributed by atoms with Gasteiger partial charge in [0.25, 0.3) is 0 Å². The minimum Gasteiger partial charge on any atom is -0.415 e. The molecule has 0 saturated heterocycles. The van der Waals surface area contributed by atoms with Crippen molar-refractivity contribution >= 4 is 16.6 Å². The minimum atomic E-state index is -1.47. The van der Waals surface area contributed by atoms with Gasteiger partial charge in [-0.3, -0.25) is 0 Å². The number of hydrogen-bond donors (Lipinski definition) is 0. The Hall–Kier alpha value is 0.354. The van der Waals surface area contributed by atoms with Gasteiger partial charge in [-0.1, -0.05) is 13.8 Å². The molecule has 0 spiro atoms. The number of rotatable bonds is 4. The summed E-state index contributed by atoms with van der Waals surface area (Å²) in [6.07, 6.45) is 13.7. The fourth-order valence-electron chi connectivity index (χ4n) is 8.40. The van der Waals surface area contributed by atoms with E-state index in [4.69, 9.17) is 8.85 Å². The zero-order valence-corrected chi connectivity index (χ0v) is 22.6. The standard InChI is InChI=1S/C25H48O2Si2/c1-24-15-13-19(26-28(3,4)5)17-18(24)9-10-20-21-11-12-23(27-29(6,7)8)25(21,2)16-14-22(20)24/h18-23H,9-17H2,1-8H3/t18-,19+,20?,21?,22?,23-,24?,25?/m1/s1. The van der Waals surface area contributed by atoms with Crippen molar-refractivity contribution in [2.24, 2.45) is 34.5 Å². The monoisotopic (exact) mass is 436 g/mol. The van der Waals surface area contributed by atoms with E-state index in [1.54, 1.807) is 0 Å². The van der Waals surface area contributed by atoms with Crippen molar-refractivity contribution in [3.8, 4) is 0 Å². The lowest BCUT2D eigenvalue weighted by Gasteiger charge is -2.61. The molecule has 5 unspecified atom stereocenters. The zero-order chi connectivity index (χ0) is 21.2. The predicted molar refractivity (Wildman–Crippen MR) is 128 cm³/mol. The Balaban J connectivity index is 1.49. The van der Waals surface area contributed by atoms with Crippen LogP contribution >= 0.6 is 0 Å². The molecule has 0 N–H and O–H groups in total. The Morgan fingerprint density at radius 1 is 0.655 bits per heavy atom. The summed E-state index contributed by atoms with van der Waals surface area (Å²) in [5.41, 5.74) is 1.02. The highest BCUT2D eigenvalue weighted by Gasteiger charge is 2.60. The third-order valence-corrected chi connectivity index (χ3v) is 11.6. The molecule has 29 heavy (non-hydrogen) atoms. The molecule has 0 aromatic carbocycles. The summed E-state index contributed by atoms with van der Waals surface area (Å²) in [4.78, 5) is 0. The van der Waals surface area contributed by atoms with Crippen LogP contribution in [0.1, 0.15) is 71.6 Å². The third-order valence-electron chi connectivity index (χ3n) is 9.55. The highest BCUT2D eigenvalue weighted by molar-refractivity contribution is 6.70. The van der Waals surface area contributed by atoms with Crippen LogP contribution in [-0.2, 0) is 8.85 Å². The first-order valence-corrected chi connectivity index (χ1v) is 19.5. The Morgan fingerprint density at radius 3 is 1.93 bits per heavy atom. The molecule has 0 amide bonds. The van der Waals surface area contributed by atoms with Gasteiger partial charge in [0.05, 0.1) is 6.10 Å². The molecule has 0 aromatic heterocycles. The van der Waals surface area contributed by atoms with E-state index < -0.39 is 16.6 Å². The van der Waals surface area contributed by atoms with Crippen molar-refractivity contribution in [3.63, 3.8) is 0 Å². The summed E-state index contributed by atoms with van der Waals surface area (Å²) in [6, 6.07) is 0. The predicted octanol–water partition coefficient (Wildman–Crippen LogP) is 7.47. The molecule has 0 bridgehead atoms. The van der Waals surface area contributed by atoms with Crippen molar-refractivity contribution in [2.75, 3.05) is 0 Å². The van der Waals surface area contributed by atoms with E-state index in [2.05, 4.69) is 53.1 Å². The molecule has 0 heterocycles. The summed E-state index contributed by atoms with van der Waals surface area (Å²) in [5.74, 6) is 3.73. The lowest BCUT2D eigenvalue weighted by atomic mass is 9.45. The van der Waals surface area contributed by atoms with Crippen molar-refractivity contribution in [1.29, 1.82) is 0 Å². The summed E-state index contributed by atoms with van der Waals surface area (Å²) in [6.45, 7) is 19.5. The topological polar surface area (TPSA) is 18.5 Å². The number of hydrogen-bond acceptors (Lipinski definition) is 2. The van der Waals surface area contributed by atoms with Gasteiger partial charge in [0, 0.05) is 6.10 Å². The van der Waals surface area contributed by atoms with Crippen molar-refractivity contribution < 1.29 is 8.85 Å². The van der Waals surface area contributed by atoms with Crippen LogP contribution in [0.25, 0.3) is 0 Å². The van der Waals surface area contributed by atoms with Gasteiger partial charge in [0.1, 0.15) is 0 Å². The highest BCUT2D eigenvalue weighted by atomic mass is 28.4. The second kappa shape index (κ2) is 7.45. The van der Waals surface area contributed by atoms with Crippen LogP contribution in [0.2, 0.25) is 39.3 Å². The Bertz CT molecular complexity index is 609. The van der Waals surface area contributed by atoms with Crippen molar-refractivity contribution in [3.05, 3.63) is 0 Å². The van der Waals surface area contributed by atoms with Crippen LogP contribution in [0.5, 0.6) is 0 Å². The van der Waals surface area contributed by atoms with Crippen LogP contribution < -0.4 is 0 Å². The van der Waals surface area contributed by atoms with Crippen LogP contribution in [-0.4, -0.2) is 28.8 Å². The largest absolute Gasteiger partial charge is 0.415 e. The fraction of sp³-hybridized carbons (Fsp3) is 1.00. The van der Waals surface area contributed by atoms with Crippen LogP contribution in [0.3, 0.4) is 0 Å². The smallest absolute Gasteiger partial charge is 0.184 e. The molecular formula is C25H48O2Si2. The number of fused-ring (bicyclic) bond motifs is 5. The molecule has 4 fully saturated rings. The average molecular weight is 437 g/mol. The molecule has 4 rings (SSSR count). The summed E-state index contributed by atoms with van der Waals surface area (Å²) in [7, 11) is -2.90. The molecule has 0 aliphatic heterocycles. The van der Waals surface area contributed by atoms with Gasteiger partial charge in [-0.05, 0) is 132 Å². The molecule has 8 atom stereocenters. The zero-order valence-electron chi connectivity index (χ0n) is 20.6. The van der Waals surface area contributed by atoms with E-state index >= 15 is 0 Å². The minimum absolute atomic E-state index is 0.447. The average Bonchev–Trinajstić information content (AvgIpc) is 2.89. The van der Waals surface area contributed by atoms with E-state index in [0.29, 0.717) is 23.0 Å². The maximum atomic E-state index is 6.77. The lowest BCUT2D eigenvalue weighted by Crippen LogP contribution is -2.55. The Labute approximate surface area is 183 Å². The fourth-order valence-corrected chi connectivity index (χ4v) is 10.9. The van der Waals surface area contributed by atoms with Crippen molar-refractivity contribution in [1.82, 2.24) is 0 Å². The Morgan fingerprint density at radius 2 is 1.28 bits per heavy atom.